The molecule has 0 aliphatic rings. The highest BCUT2D eigenvalue weighted by Gasteiger charge is 2.21. The second-order valence-electron chi connectivity index (χ2n) is 5.81. The van der Waals surface area contributed by atoms with Gasteiger partial charge < -0.3 is 4.90 Å². The minimum atomic E-state index is -4.07. The maximum Gasteiger partial charge on any atom is 0.285 e. The molecule has 0 N–H and O–H groups in total. The van der Waals surface area contributed by atoms with E-state index in [-0.39, 0.29) is 29.2 Å². The number of sulfonamides is 1. The molecular weight excluding hydrogens is 417 g/mol. The second kappa shape index (κ2) is 8.86. The molecule has 0 unspecified atom stereocenters. The van der Waals surface area contributed by atoms with Gasteiger partial charge in [-0.05, 0) is 42.5 Å². The number of hydrogen-bond donors (Lipinski definition) is 0. The van der Waals surface area contributed by atoms with Gasteiger partial charge in [0.25, 0.3) is 10.0 Å². The van der Waals surface area contributed by atoms with Crippen molar-refractivity contribution in [1.82, 2.24) is 14.7 Å². The van der Waals surface area contributed by atoms with Gasteiger partial charge in [0.05, 0.1) is 22.7 Å². The Morgan fingerprint density at radius 1 is 1.17 bits per heavy atom. The number of aromatic nitrogens is 2. The summed E-state index contributed by atoms with van der Waals surface area (Å²) in [4.78, 5) is 1.26. The van der Waals surface area contributed by atoms with Gasteiger partial charge in [0.15, 0.2) is 0 Å². The van der Waals surface area contributed by atoms with E-state index in [1.54, 1.807) is 36.4 Å². The molecule has 0 saturated carbocycles. The number of benzene rings is 2. The average Bonchev–Trinajstić information content (AvgIpc) is 3.22. The van der Waals surface area contributed by atoms with Crippen molar-refractivity contribution in [1.29, 1.82) is 5.26 Å². The van der Waals surface area contributed by atoms with Crippen LogP contribution in [0.5, 0.6) is 0 Å². The van der Waals surface area contributed by atoms with Gasteiger partial charge in [-0.3, -0.25) is 0 Å². The minimum Gasteiger partial charge on any atom is -0.313 e. The lowest BCUT2D eigenvalue weighted by molar-refractivity contribution is 0.514. The third kappa shape index (κ3) is 4.80. The summed E-state index contributed by atoms with van der Waals surface area (Å²) >= 11 is 5.92. The zero-order chi connectivity index (χ0) is 20.9. The molecule has 0 atom stereocenters. The third-order valence-electron chi connectivity index (χ3n) is 3.87. The predicted molar refractivity (Wildman–Crippen MR) is 107 cm³/mol. The van der Waals surface area contributed by atoms with Crippen molar-refractivity contribution in [2.75, 3.05) is 12.5 Å². The van der Waals surface area contributed by atoms with Gasteiger partial charge in [-0.25, -0.2) is 9.07 Å². The van der Waals surface area contributed by atoms with Gasteiger partial charge in [-0.2, -0.15) is 18.8 Å². The summed E-state index contributed by atoms with van der Waals surface area (Å²) in [7, 11) is -4.07. The molecule has 148 valence electrons. The van der Waals surface area contributed by atoms with Gasteiger partial charge in [0.2, 0.25) is 5.96 Å². The van der Waals surface area contributed by atoms with Crippen LogP contribution in [-0.4, -0.2) is 41.6 Å². The first-order valence-electron chi connectivity index (χ1n) is 8.34. The molecule has 0 fully saturated rings. The Balaban J connectivity index is 2.07. The summed E-state index contributed by atoms with van der Waals surface area (Å²) in [5.41, 5.74) is 1.11. The topological polar surface area (TPSA) is 91.4 Å². The van der Waals surface area contributed by atoms with Crippen molar-refractivity contribution in [2.45, 2.75) is 4.90 Å². The van der Waals surface area contributed by atoms with E-state index in [0.717, 1.165) is 0 Å². The molecule has 7 nitrogen and oxygen atoms in total. The Bertz CT molecular complexity index is 1160. The molecule has 3 rings (SSSR count). The molecule has 3 aromatic rings. The van der Waals surface area contributed by atoms with E-state index in [9.17, 15) is 12.8 Å². The van der Waals surface area contributed by atoms with Crippen LogP contribution in [0.25, 0.3) is 11.3 Å². The molecule has 1 aromatic heterocycles. The first kappa shape index (κ1) is 20.5. The first-order valence-corrected chi connectivity index (χ1v) is 10.3. The molecule has 0 radical (unpaired) electrons. The maximum atomic E-state index is 13.2. The predicted octanol–water partition coefficient (Wildman–Crippen LogP) is 3.30. The molecule has 0 bridgehead atoms. The van der Waals surface area contributed by atoms with Gasteiger partial charge in [-0.15, -0.1) is 16.0 Å². The van der Waals surface area contributed by atoms with Gasteiger partial charge in [0.1, 0.15) is 12.4 Å². The number of halogens is 2. The largest absolute Gasteiger partial charge is 0.313 e. The van der Waals surface area contributed by atoms with E-state index in [1.807, 2.05) is 6.07 Å². The first-order chi connectivity index (χ1) is 13.9. The van der Waals surface area contributed by atoms with E-state index in [1.165, 1.54) is 40.0 Å². The van der Waals surface area contributed by atoms with Gasteiger partial charge in [0, 0.05) is 11.8 Å². The number of alkyl halides is 1. The average molecular weight is 432 g/mol. The number of hydrogen-bond acceptors (Lipinski definition) is 4. The van der Waals surface area contributed by atoms with E-state index < -0.39 is 10.0 Å². The fraction of sp³-hybridized carbons (Fsp3) is 0.105. The molecule has 2 aromatic carbocycles. The SMILES string of the molecule is N#CCN(CCl)/C(=N\S(=O)(=O)c1ccccc1)n1ccc(-c2ccc(F)cc2)n1. The van der Waals surface area contributed by atoms with Crippen molar-refractivity contribution in [3.63, 3.8) is 0 Å². The summed E-state index contributed by atoms with van der Waals surface area (Å²) in [6.45, 7) is -0.196. The van der Waals surface area contributed by atoms with Crippen LogP contribution in [0.1, 0.15) is 0 Å². The lowest BCUT2D eigenvalue weighted by atomic mass is 10.1. The summed E-state index contributed by atoms with van der Waals surface area (Å²) in [6.07, 6.45) is 1.50. The van der Waals surface area contributed by atoms with Gasteiger partial charge >= 0.3 is 0 Å². The van der Waals surface area contributed by atoms with Crippen molar-refractivity contribution in [2.24, 2.45) is 4.40 Å². The van der Waals surface area contributed by atoms with Crippen LogP contribution >= 0.6 is 11.6 Å². The van der Waals surface area contributed by atoms with E-state index in [4.69, 9.17) is 16.9 Å². The normalized spacial score (nSPS) is 11.8. The van der Waals surface area contributed by atoms with Crippen molar-refractivity contribution >= 4 is 27.6 Å². The van der Waals surface area contributed by atoms with Crippen molar-refractivity contribution in [3.8, 4) is 17.3 Å². The van der Waals surface area contributed by atoms with Crippen LogP contribution in [0.15, 0.2) is 76.2 Å². The van der Waals surface area contributed by atoms with E-state index in [2.05, 4.69) is 9.50 Å². The van der Waals surface area contributed by atoms with Crippen LogP contribution in [-0.2, 0) is 10.0 Å². The Labute approximate surface area is 172 Å². The quantitative estimate of drug-likeness (QED) is 0.203. The Hall–Kier alpha value is -3.22. The second-order valence-corrected chi connectivity index (χ2v) is 7.65. The van der Waals surface area contributed by atoms with Gasteiger partial charge in [-0.1, -0.05) is 18.2 Å². The van der Waals surface area contributed by atoms with Crippen LogP contribution in [0.2, 0.25) is 0 Å². The number of rotatable bonds is 5. The van der Waals surface area contributed by atoms with E-state index in [0.29, 0.717) is 11.3 Å². The van der Waals surface area contributed by atoms with E-state index >= 15 is 0 Å². The zero-order valence-corrected chi connectivity index (χ0v) is 16.6. The number of nitriles is 1. The molecule has 0 spiro atoms. The molecule has 0 saturated heterocycles. The standard InChI is InChI=1S/C19H15ClFN5O2S/c20-14-25(13-11-22)19(24-29(27,28)17-4-2-1-3-5-17)26-12-10-18(23-26)15-6-8-16(21)9-7-15/h1-10,12H,13-14H2/b24-19+. The summed E-state index contributed by atoms with van der Waals surface area (Å²) < 4.78 is 43.7. The summed E-state index contributed by atoms with van der Waals surface area (Å²) in [6, 6.07) is 16.7. The maximum absolute atomic E-state index is 13.2. The van der Waals surface area contributed by atoms with Crippen LogP contribution < -0.4 is 0 Å². The number of nitrogens with zero attached hydrogens (tertiary/aromatic N) is 5. The fourth-order valence-corrected chi connectivity index (χ4v) is 3.67. The highest BCUT2D eigenvalue weighted by molar-refractivity contribution is 7.90. The molecule has 0 amide bonds. The molecule has 0 aliphatic carbocycles. The zero-order valence-electron chi connectivity index (χ0n) is 15.0. The monoisotopic (exact) mass is 431 g/mol. The Morgan fingerprint density at radius 3 is 2.48 bits per heavy atom. The highest BCUT2D eigenvalue weighted by atomic mass is 35.5. The third-order valence-corrected chi connectivity index (χ3v) is 5.43. The Kier molecular flexibility index (Phi) is 6.26. The lowest BCUT2D eigenvalue weighted by Crippen LogP contribution is -2.36. The van der Waals surface area contributed by atoms with Crippen molar-refractivity contribution < 1.29 is 12.8 Å². The minimum absolute atomic E-state index is 0.00473. The molecule has 0 aliphatic heterocycles. The molecule has 29 heavy (non-hydrogen) atoms. The van der Waals surface area contributed by atoms with Crippen molar-refractivity contribution in [3.05, 3.63) is 72.7 Å². The lowest BCUT2D eigenvalue weighted by Gasteiger charge is -2.20. The Morgan fingerprint density at radius 2 is 1.86 bits per heavy atom. The van der Waals surface area contributed by atoms with Crippen LogP contribution in [0.3, 0.4) is 0 Å². The van der Waals surface area contributed by atoms with Crippen LogP contribution in [0, 0.1) is 17.1 Å². The fourth-order valence-electron chi connectivity index (χ4n) is 2.46. The summed E-state index contributed by atoms with van der Waals surface area (Å²) in [5, 5.41) is 13.4. The smallest absolute Gasteiger partial charge is 0.285 e. The highest BCUT2D eigenvalue weighted by Crippen LogP contribution is 2.18. The molecular formula is C19H15ClFN5O2S. The molecule has 1 heterocycles. The summed E-state index contributed by atoms with van der Waals surface area (Å²) in [5.74, 6) is -0.509. The molecule has 10 heteroatoms. The van der Waals surface area contributed by atoms with Crippen LogP contribution in [0.4, 0.5) is 4.39 Å².